The van der Waals surface area contributed by atoms with Crippen molar-refractivity contribution in [1.82, 2.24) is 9.88 Å². The van der Waals surface area contributed by atoms with Crippen molar-refractivity contribution in [2.75, 3.05) is 19.7 Å². The Labute approximate surface area is 141 Å². The molecular formula is C19H22N2O3. The van der Waals surface area contributed by atoms with Crippen LogP contribution < -0.4 is 4.74 Å². The van der Waals surface area contributed by atoms with Crippen LogP contribution in [0.1, 0.15) is 28.0 Å². The summed E-state index contributed by atoms with van der Waals surface area (Å²) in [4.78, 5) is 18.3. The van der Waals surface area contributed by atoms with Crippen molar-refractivity contribution in [2.45, 2.75) is 25.9 Å². The van der Waals surface area contributed by atoms with Crippen LogP contribution in [0.25, 0.3) is 0 Å². The number of aliphatic hydroxyl groups is 1. The second kappa shape index (κ2) is 6.61. The molecule has 1 N–H and O–H groups in total. The summed E-state index contributed by atoms with van der Waals surface area (Å²) in [7, 11) is 0. The molecule has 1 amide bonds. The molecule has 0 spiro atoms. The molecule has 1 aromatic heterocycles. The number of benzene rings is 1. The van der Waals surface area contributed by atoms with Crippen molar-refractivity contribution in [2.24, 2.45) is 0 Å². The smallest absolute Gasteiger partial charge is 0.254 e. The van der Waals surface area contributed by atoms with Crippen LogP contribution in [-0.4, -0.2) is 46.2 Å². The maximum absolute atomic E-state index is 12.5. The van der Waals surface area contributed by atoms with Gasteiger partial charge in [0.2, 0.25) is 0 Å². The van der Waals surface area contributed by atoms with Crippen LogP contribution in [0.3, 0.4) is 0 Å². The number of pyridine rings is 1. The van der Waals surface area contributed by atoms with Crippen LogP contribution in [0.4, 0.5) is 0 Å². The summed E-state index contributed by atoms with van der Waals surface area (Å²) in [5.41, 5.74) is 1.55. The van der Waals surface area contributed by atoms with E-state index in [2.05, 4.69) is 4.98 Å². The SMILES string of the molecule is Cc1ccc(OC[C@@]2(O)CCN(C(=O)c3ccnc(C)c3)C2)cc1. The van der Waals surface area contributed by atoms with E-state index in [1.54, 1.807) is 23.2 Å². The van der Waals surface area contributed by atoms with Crippen molar-refractivity contribution in [3.05, 3.63) is 59.4 Å². The first-order chi connectivity index (χ1) is 11.5. The van der Waals surface area contributed by atoms with E-state index in [0.29, 0.717) is 18.5 Å². The molecule has 3 rings (SSSR count). The van der Waals surface area contributed by atoms with Crippen LogP contribution in [0.5, 0.6) is 5.75 Å². The fraction of sp³-hybridized carbons (Fsp3) is 0.368. The lowest BCUT2D eigenvalue weighted by atomic mass is 10.1. The third-order valence-corrected chi connectivity index (χ3v) is 4.29. The number of nitrogens with zero attached hydrogens (tertiary/aromatic N) is 2. The van der Waals surface area contributed by atoms with Gasteiger partial charge in [-0.2, -0.15) is 0 Å². The number of ether oxygens (including phenoxy) is 1. The van der Waals surface area contributed by atoms with Crippen LogP contribution in [-0.2, 0) is 0 Å². The summed E-state index contributed by atoms with van der Waals surface area (Å²) in [6.45, 7) is 4.84. The van der Waals surface area contributed by atoms with Crippen LogP contribution in [0, 0.1) is 13.8 Å². The number of likely N-dealkylation sites (tertiary alicyclic amines) is 1. The minimum absolute atomic E-state index is 0.0771. The Hall–Kier alpha value is -2.40. The Morgan fingerprint density at radius 2 is 2.04 bits per heavy atom. The molecule has 5 nitrogen and oxygen atoms in total. The summed E-state index contributed by atoms with van der Waals surface area (Å²) in [5, 5.41) is 10.7. The van der Waals surface area contributed by atoms with E-state index in [1.165, 1.54) is 0 Å². The molecule has 0 aliphatic carbocycles. The number of aromatic nitrogens is 1. The second-order valence-corrected chi connectivity index (χ2v) is 6.49. The summed E-state index contributed by atoms with van der Waals surface area (Å²) in [6.07, 6.45) is 2.14. The van der Waals surface area contributed by atoms with Gasteiger partial charge in [-0.05, 0) is 44.5 Å². The molecule has 0 unspecified atom stereocenters. The first-order valence-electron chi connectivity index (χ1n) is 8.09. The lowest BCUT2D eigenvalue weighted by molar-refractivity contribution is 0.00430. The van der Waals surface area contributed by atoms with Crippen molar-refractivity contribution >= 4 is 5.91 Å². The normalized spacial score (nSPS) is 20.2. The average Bonchev–Trinajstić information content (AvgIpc) is 2.96. The van der Waals surface area contributed by atoms with Gasteiger partial charge in [0.1, 0.15) is 18.0 Å². The zero-order valence-corrected chi connectivity index (χ0v) is 14.0. The number of aryl methyl sites for hydroxylation is 2. The Balaban J connectivity index is 1.61. The van der Waals surface area contributed by atoms with Gasteiger partial charge in [-0.15, -0.1) is 0 Å². The molecule has 1 fully saturated rings. The van der Waals surface area contributed by atoms with Gasteiger partial charge in [0.15, 0.2) is 0 Å². The number of amides is 1. The van der Waals surface area contributed by atoms with E-state index in [9.17, 15) is 9.90 Å². The average molecular weight is 326 g/mol. The molecule has 0 saturated carbocycles. The Morgan fingerprint density at radius 1 is 1.29 bits per heavy atom. The molecule has 0 bridgehead atoms. The summed E-state index contributed by atoms with van der Waals surface area (Å²) in [6, 6.07) is 11.2. The zero-order chi connectivity index (χ0) is 17.2. The van der Waals surface area contributed by atoms with E-state index in [0.717, 1.165) is 17.0 Å². The van der Waals surface area contributed by atoms with Gasteiger partial charge < -0.3 is 14.7 Å². The van der Waals surface area contributed by atoms with E-state index in [-0.39, 0.29) is 19.1 Å². The Bertz CT molecular complexity index is 730. The summed E-state index contributed by atoms with van der Waals surface area (Å²) < 4.78 is 5.70. The fourth-order valence-electron chi connectivity index (χ4n) is 2.86. The van der Waals surface area contributed by atoms with E-state index < -0.39 is 5.60 Å². The van der Waals surface area contributed by atoms with Gasteiger partial charge in [0.05, 0.1) is 6.54 Å². The number of β-amino-alcohol motifs (C(OH)–C–C–N with tert-alkyl or cyclic N) is 1. The lowest BCUT2D eigenvalue weighted by Gasteiger charge is -2.23. The number of hydrogen-bond acceptors (Lipinski definition) is 4. The largest absolute Gasteiger partial charge is 0.491 e. The van der Waals surface area contributed by atoms with E-state index in [1.807, 2.05) is 38.1 Å². The van der Waals surface area contributed by atoms with Gasteiger partial charge >= 0.3 is 0 Å². The van der Waals surface area contributed by atoms with Gasteiger partial charge in [-0.1, -0.05) is 17.7 Å². The number of carbonyl (C=O) groups excluding carboxylic acids is 1. The van der Waals surface area contributed by atoms with Crippen molar-refractivity contribution in [3.8, 4) is 5.75 Å². The van der Waals surface area contributed by atoms with E-state index in [4.69, 9.17) is 4.74 Å². The molecule has 2 aromatic rings. The number of rotatable bonds is 4. The maximum atomic E-state index is 12.5. The monoisotopic (exact) mass is 326 g/mol. The van der Waals surface area contributed by atoms with E-state index >= 15 is 0 Å². The highest BCUT2D eigenvalue weighted by molar-refractivity contribution is 5.94. The first kappa shape index (κ1) is 16.5. The van der Waals surface area contributed by atoms with Crippen molar-refractivity contribution < 1.29 is 14.6 Å². The topological polar surface area (TPSA) is 62.7 Å². The fourth-order valence-corrected chi connectivity index (χ4v) is 2.86. The summed E-state index contributed by atoms with van der Waals surface area (Å²) in [5.74, 6) is 0.648. The Kier molecular flexibility index (Phi) is 4.53. The van der Waals surface area contributed by atoms with Gasteiger partial charge in [-0.3, -0.25) is 9.78 Å². The van der Waals surface area contributed by atoms with Crippen LogP contribution in [0.15, 0.2) is 42.6 Å². The van der Waals surface area contributed by atoms with Crippen LogP contribution >= 0.6 is 0 Å². The lowest BCUT2D eigenvalue weighted by Crippen LogP contribution is -2.40. The molecule has 1 atom stereocenters. The van der Waals surface area contributed by atoms with Gasteiger partial charge in [0, 0.05) is 24.0 Å². The molecule has 5 heteroatoms. The minimum Gasteiger partial charge on any atom is -0.491 e. The summed E-state index contributed by atoms with van der Waals surface area (Å²) >= 11 is 0. The molecular weight excluding hydrogens is 304 g/mol. The number of carbonyl (C=O) groups is 1. The predicted octanol–water partition coefficient (Wildman–Crippen LogP) is 2.35. The molecule has 1 aromatic carbocycles. The molecule has 1 saturated heterocycles. The van der Waals surface area contributed by atoms with Crippen molar-refractivity contribution in [1.29, 1.82) is 0 Å². The van der Waals surface area contributed by atoms with Crippen LogP contribution in [0.2, 0.25) is 0 Å². The molecule has 1 aliphatic rings. The Morgan fingerprint density at radius 3 is 2.75 bits per heavy atom. The zero-order valence-electron chi connectivity index (χ0n) is 14.0. The number of hydrogen-bond donors (Lipinski definition) is 1. The standard InChI is InChI=1S/C19H22N2O3/c1-14-3-5-17(6-4-14)24-13-19(23)8-10-21(12-19)18(22)16-7-9-20-15(2)11-16/h3-7,9,11,23H,8,10,12-13H2,1-2H3/t19-/m1/s1. The molecule has 24 heavy (non-hydrogen) atoms. The maximum Gasteiger partial charge on any atom is 0.254 e. The third kappa shape index (κ3) is 3.74. The highest BCUT2D eigenvalue weighted by Crippen LogP contribution is 2.24. The highest BCUT2D eigenvalue weighted by Gasteiger charge is 2.39. The molecule has 126 valence electrons. The first-order valence-corrected chi connectivity index (χ1v) is 8.09. The molecule has 1 aliphatic heterocycles. The quantitative estimate of drug-likeness (QED) is 0.937. The van der Waals surface area contributed by atoms with Crippen molar-refractivity contribution in [3.63, 3.8) is 0 Å². The predicted molar refractivity (Wildman–Crippen MR) is 91.1 cm³/mol. The molecule has 2 heterocycles. The third-order valence-electron chi connectivity index (χ3n) is 4.29. The van der Waals surface area contributed by atoms with Gasteiger partial charge in [-0.25, -0.2) is 0 Å². The second-order valence-electron chi connectivity index (χ2n) is 6.49. The highest BCUT2D eigenvalue weighted by atomic mass is 16.5. The molecule has 0 radical (unpaired) electrons. The minimum atomic E-state index is -1.01. The van der Waals surface area contributed by atoms with Gasteiger partial charge in [0.25, 0.3) is 5.91 Å².